The molecule has 2 aromatic rings. The van der Waals surface area contributed by atoms with Gasteiger partial charge in [0.05, 0.1) is 6.04 Å². The Hall–Kier alpha value is -1.04. The van der Waals surface area contributed by atoms with Crippen molar-refractivity contribution >= 4 is 27.3 Å². The van der Waals surface area contributed by atoms with Crippen molar-refractivity contribution in [1.82, 2.24) is 5.32 Å². The van der Waals surface area contributed by atoms with E-state index in [1.54, 1.807) is 11.3 Å². The van der Waals surface area contributed by atoms with E-state index in [2.05, 4.69) is 45.7 Å². The molecule has 20 heavy (non-hydrogen) atoms. The zero-order chi connectivity index (χ0) is 13.9. The van der Waals surface area contributed by atoms with E-state index in [9.17, 15) is 0 Å². The van der Waals surface area contributed by atoms with Gasteiger partial charge in [-0.25, -0.2) is 0 Å². The van der Waals surface area contributed by atoms with E-state index < -0.39 is 0 Å². The number of hydrogen-bond donors (Lipinski definition) is 1. The predicted octanol–water partition coefficient (Wildman–Crippen LogP) is 3.98. The molecule has 0 saturated heterocycles. The smallest absolute Gasteiger partial charge is 0.166 e. The van der Waals surface area contributed by atoms with Gasteiger partial charge in [-0.3, -0.25) is 0 Å². The summed E-state index contributed by atoms with van der Waals surface area (Å²) in [4.78, 5) is 1.26. The maximum absolute atomic E-state index is 5.84. The molecule has 1 aromatic carbocycles. The van der Waals surface area contributed by atoms with Gasteiger partial charge in [-0.05, 0) is 40.0 Å². The average molecular weight is 354 g/mol. The lowest BCUT2D eigenvalue weighted by Crippen LogP contribution is -2.24. The largest absolute Gasteiger partial charge is 0.486 e. The molecule has 1 N–H and O–H groups in total. The predicted molar refractivity (Wildman–Crippen MR) is 85.0 cm³/mol. The summed E-state index contributed by atoms with van der Waals surface area (Å²) in [5, 5.41) is 5.63. The Bertz CT molecular complexity index is 599. The molecule has 1 aliphatic heterocycles. The van der Waals surface area contributed by atoms with Crippen molar-refractivity contribution in [3.8, 4) is 11.5 Å². The van der Waals surface area contributed by atoms with Crippen LogP contribution in [0.3, 0.4) is 0 Å². The SMILES string of the molecule is CCNC(c1cccc2c1OCCO2)c1sccc1Br. The Morgan fingerprint density at radius 3 is 2.90 bits per heavy atom. The number of para-hydroxylation sites is 1. The molecule has 1 unspecified atom stereocenters. The van der Waals surface area contributed by atoms with Crippen LogP contribution in [0.1, 0.15) is 23.4 Å². The Balaban J connectivity index is 2.06. The van der Waals surface area contributed by atoms with E-state index >= 15 is 0 Å². The first-order valence-electron chi connectivity index (χ1n) is 6.66. The molecular formula is C15H16BrNO2S. The second-order valence-corrected chi connectivity index (χ2v) is 6.30. The monoisotopic (exact) mass is 353 g/mol. The molecule has 0 radical (unpaired) electrons. The summed E-state index contributed by atoms with van der Waals surface area (Å²) in [6.45, 7) is 4.22. The summed E-state index contributed by atoms with van der Waals surface area (Å²) in [5.41, 5.74) is 1.13. The van der Waals surface area contributed by atoms with Crippen molar-refractivity contribution in [3.63, 3.8) is 0 Å². The summed E-state index contributed by atoms with van der Waals surface area (Å²) in [7, 11) is 0. The summed E-state index contributed by atoms with van der Waals surface area (Å²) >= 11 is 5.37. The molecular weight excluding hydrogens is 338 g/mol. The van der Waals surface area contributed by atoms with E-state index in [4.69, 9.17) is 9.47 Å². The zero-order valence-corrected chi connectivity index (χ0v) is 13.6. The standard InChI is InChI=1S/C15H16BrNO2S/c1-2-17-13(15-11(16)6-9-20-15)10-4-3-5-12-14(10)19-8-7-18-12/h3-6,9,13,17H,2,7-8H2,1H3. The van der Waals surface area contributed by atoms with Gasteiger partial charge in [-0.1, -0.05) is 19.1 Å². The number of fused-ring (bicyclic) bond motifs is 1. The maximum Gasteiger partial charge on any atom is 0.166 e. The second-order valence-electron chi connectivity index (χ2n) is 4.49. The molecule has 3 rings (SSSR count). The third-order valence-electron chi connectivity index (χ3n) is 3.22. The molecule has 0 bridgehead atoms. The van der Waals surface area contributed by atoms with Crippen molar-refractivity contribution < 1.29 is 9.47 Å². The summed E-state index contributed by atoms with van der Waals surface area (Å²) in [6, 6.07) is 8.29. The first-order chi connectivity index (χ1) is 9.81. The lowest BCUT2D eigenvalue weighted by molar-refractivity contribution is 0.169. The molecule has 1 aromatic heterocycles. The molecule has 0 aliphatic carbocycles. The number of benzene rings is 1. The first kappa shape index (κ1) is 13.9. The molecule has 0 amide bonds. The van der Waals surface area contributed by atoms with Gasteiger partial charge in [0.15, 0.2) is 11.5 Å². The lowest BCUT2D eigenvalue weighted by atomic mass is 10.0. The van der Waals surface area contributed by atoms with Crippen molar-refractivity contribution in [1.29, 1.82) is 0 Å². The normalized spacial score (nSPS) is 15.1. The van der Waals surface area contributed by atoms with Crippen LogP contribution in [0, 0.1) is 0 Å². The van der Waals surface area contributed by atoms with Crippen molar-refractivity contribution in [2.45, 2.75) is 13.0 Å². The fraction of sp³-hybridized carbons (Fsp3) is 0.333. The highest BCUT2D eigenvalue weighted by Crippen LogP contribution is 2.42. The van der Waals surface area contributed by atoms with Gasteiger partial charge < -0.3 is 14.8 Å². The zero-order valence-electron chi connectivity index (χ0n) is 11.2. The number of halogens is 1. The van der Waals surface area contributed by atoms with Crippen molar-refractivity contribution in [2.24, 2.45) is 0 Å². The quantitative estimate of drug-likeness (QED) is 0.901. The van der Waals surface area contributed by atoms with Gasteiger partial charge in [0.1, 0.15) is 13.2 Å². The lowest BCUT2D eigenvalue weighted by Gasteiger charge is -2.25. The van der Waals surface area contributed by atoms with E-state index in [1.165, 1.54) is 4.88 Å². The highest BCUT2D eigenvalue weighted by Gasteiger charge is 2.24. The van der Waals surface area contributed by atoms with Crippen LogP contribution in [-0.2, 0) is 0 Å². The molecule has 2 heterocycles. The maximum atomic E-state index is 5.84. The summed E-state index contributed by atoms with van der Waals surface area (Å²) in [5.74, 6) is 1.70. The second kappa shape index (κ2) is 6.16. The fourth-order valence-electron chi connectivity index (χ4n) is 2.38. The van der Waals surface area contributed by atoms with Crippen molar-refractivity contribution in [2.75, 3.05) is 19.8 Å². The Morgan fingerprint density at radius 2 is 2.15 bits per heavy atom. The van der Waals surface area contributed by atoms with Gasteiger partial charge >= 0.3 is 0 Å². The minimum atomic E-state index is 0.117. The number of ether oxygens (including phenoxy) is 2. The van der Waals surface area contributed by atoms with Crippen LogP contribution >= 0.6 is 27.3 Å². The van der Waals surface area contributed by atoms with Crippen LogP contribution in [0.5, 0.6) is 11.5 Å². The highest BCUT2D eigenvalue weighted by atomic mass is 79.9. The van der Waals surface area contributed by atoms with Gasteiger partial charge in [0, 0.05) is 14.9 Å². The average Bonchev–Trinajstić information content (AvgIpc) is 2.90. The van der Waals surface area contributed by atoms with Gasteiger partial charge in [0.2, 0.25) is 0 Å². The van der Waals surface area contributed by atoms with E-state index in [-0.39, 0.29) is 6.04 Å². The van der Waals surface area contributed by atoms with Crippen LogP contribution in [0.4, 0.5) is 0 Å². The first-order valence-corrected chi connectivity index (χ1v) is 8.33. The van der Waals surface area contributed by atoms with Gasteiger partial charge in [-0.15, -0.1) is 11.3 Å². The van der Waals surface area contributed by atoms with Crippen LogP contribution < -0.4 is 14.8 Å². The third-order valence-corrected chi connectivity index (χ3v) is 5.16. The number of thiophene rings is 1. The number of rotatable bonds is 4. The molecule has 1 aliphatic rings. The molecule has 5 heteroatoms. The minimum absolute atomic E-state index is 0.117. The van der Waals surface area contributed by atoms with Gasteiger partial charge in [-0.2, -0.15) is 0 Å². The van der Waals surface area contributed by atoms with Crippen LogP contribution in [0.15, 0.2) is 34.1 Å². The molecule has 0 spiro atoms. The van der Waals surface area contributed by atoms with Crippen molar-refractivity contribution in [3.05, 3.63) is 44.6 Å². The Labute approximate surface area is 131 Å². The molecule has 0 saturated carbocycles. The topological polar surface area (TPSA) is 30.5 Å². The summed E-state index contributed by atoms with van der Waals surface area (Å²) in [6.07, 6.45) is 0. The molecule has 106 valence electrons. The van der Waals surface area contributed by atoms with Gasteiger partial charge in [0.25, 0.3) is 0 Å². The fourth-order valence-corrected chi connectivity index (χ4v) is 4.08. The Morgan fingerprint density at radius 1 is 1.30 bits per heavy atom. The summed E-state index contributed by atoms with van der Waals surface area (Å²) < 4.78 is 12.7. The highest BCUT2D eigenvalue weighted by molar-refractivity contribution is 9.10. The third kappa shape index (κ3) is 2.57. The van der Waals surface area contributed by atoms with Crippen LogP contribution in [-0.4, -0.2) is 19.8 Å². The molecule has 3 nitrogen and oxygen atoms in total. The van der Waals surface area contributed by atoms with E-state index in [1.807, 2.05) is 12.1 Å². The van der Waals surface area contributed by atoms with E-state index in [0.717, 1.165) is 28.1 Å². The molecule has 1 atom stereocenters. The number of hydrogen-bond acceptors (Lipinski definition) is 4. The van der Waals surface area contributed by atoms with Crippen LogP contribution in [0.2, 0.25) is 0 Å². The number of nitrogens with one attached hydrogen (secondary N) is 1. The van der Waals surface area contributed by atoms with Crippen LogP contribution in [0.25, 0.3) is 0 Å². The molecule has 0 fully saturated rings. The van der Waals surface area contributed by atoms with E-state index in [0.29, 0.717) is 13.2 Å². The Kier molecular flexibility index (Phi) is 4.29. The minimum Gasteiger partial charge on any atom is -0.486 e.